The van der Waals surface area contributed by atoms with Gasteiger partial charge in [0.15, 0.2) is 0 Å². The van der Waals surface area contributed by atoms with Crippen molar-refractivity contribution in [3.63, 3.8) is 0 Å². The van der Waals surface area contributed by atoms with Gasteiger partial charge in [-0.3, -0.25) is 14.7 Å². The molecule has 2 aromatic rings. The first kappa shape index (κ1) is 22.2. The maximum absolute atomic E-state index is 12.5. The second kappa shape index (κ2) is 9.57. The van der Waals surface area contributed by atoms with Crippen LogP contribution in [0.2, 0.25) is 0 Å². The fraction of sp³-hybridized carbons (Fsp3) is 0.450. The van der Waals surface area contributed by atoms with E-state index in [2.05, 4.69) is 26.9 Å². The largest absolute Gasteiger partial charge is 0.490 e. The first-order valence-electron chi connectivity index (χ1n) is 9.47. The Balaban J connectivity index is 0.000000318. The third-order valence-electron chi connectivity index (χ3n) is 5.34. The number of hydrogen-bond donors (Lipinski definition) is 1. The number of nitrogens with zero attached hydrogens (tertiary/aromatic N) is 3. The predicted molar refractivity (Wildman–Crippen MR) is 105 cm³/mol. The number of piperidine rings is 1. The van der Waals surface area contributed by atoms with Gasteiger partial charge in [0.1, 0.15) is 0 Å². The molecule has 2 fully saturated rings. The molecule has 30 heavy (non-hydrogen) atoms. The van der Waals surface area contributed by atoms with Crippen molar-refractivity contribution < 1.29 is 27.9 Å². The van der Waals surface area contributed by atoms with Gasteiger partial charge in [0, 0.05) is 44.0 Å². The molecule has 0 aliphatic carbocycles. The Morgan fingerprint density at radius 1 is 1.13 bits per heavy atom. The fourth-order valence-corrected chi connectivity index (χ4v) is 4.50. The summed E-state index contributed by atoms with van der Waals surface area (Å²) in [5, 5.41) is 11.1. The summed E-state index contributed by atoms with van der Waals surface area (Å²) in [6.45, 7) is 5.06. The minimum atomic E-state index is -5.08. The zero-order valence-corrected chi connectivity index (χ0v) is 16.9. The molecule has 1 N–H and O–H groups in total. The standard InChI is InChI=1S/C18H21N3OS.C2HF3O2/c22-18(16-4-8-23-13-16)21-11-15-3-7-20(10-17(15)12-21)9-14-1-5-19-6-2-14;3-2(4,5)1(6)7/h1-2,4-6,8,13,15,17H,3,7,9-12H2;(H,6,7)/t15-,17+;/m0./s1. The van der Waals surface area contributed by atoms with Crippen LogP contribution in [-0.2, 0) is 11.3 Å². The molecule has 0 saturated carbocycles. The van der Waals surface area contributed by atoms with E-state index in [1.807, 2.05) is 29.2 Å². The maximum atomic E-state index is 12.5. The number of carboxylic acids is 1. The summed E-state index contributed by atoms with van der Waals surface area (Å²) < 4.78 is 31.7. The molecule has 2 aliphatic rings. The van der Waals surface area contributed by atoms with E-state index in [1.165, 1.54) is 12.0 Å². The number of halogens is 3. The summed E-state index contributed by atoms with van der Waals surface area (Å²) in [5.41, 5.74) is 2.17. The number of alkyl halides is 3. The Hall–Kier alpha value is -2.46. The maximum Gasteiger partial charge on any atom is 0.490 e. The second-order valence-corrected chi connectivity index (χ2v) is 8.20. The number of aliphatic carboxylic acids is 1. The van der Waals surface area contributed by atoms with Crippen LogP contribution in [0.15, 0.2) is 41.4 Å². The van der Waals surface area contributed by atoms with Crippen LogP contribution in [0.5, 0.6) is 0 Å². The summed E-state index contributed by atoms with van der Waals surface area (Å²) in [4.78, 5) is 30.1. The predicted octanol–water partition coefficient (Wildman–Crippen LogP) is 3.37. The van der Waals surface area contributed by atoms with Crippen molar-refractivity contribution in [2.75, 3.05) is 26.2 Å². The van der Waals surface area contributed by atoms with Crippen LogP contribution in [0.3, 0.4) is 0 Å². The number of fused-ring (bicyclic) bond motifs is 1. The molecule has 4 rings (SSSR count). The van der Waals surface area contributed by atoms with E-state index in [9.17, 15) is 18.0 Å². The minimum Gasteiger partial charge on any atom is -0.475 e. The minimum absolute atomic E-state index is 0.210. The van der Waals surface area contributed by atoms with Gasteiger partial charge in [0.05, 0.1) is 5.56 Å². The first-order valence-corrected chi connectivity index (χ1v) is 10.4. The molecule has 162 valence electrons. The molecule has 10 heteroatoms. The first-order chi connectivity index (χ1) is 14.2. The quantitative estimate of drug-likeness (QED) is 0.791. The van der Waals surface area contributed by atoms with Crippen molar-refractivity contribution in [2.24, 2.45) is 11.8 Å². The molecule has 1 amide bonds. The molecule has 2 aromatic heterocycles. The summed E-state index contributed by atoms with van der Waals surface area (Å²) in [6, 6.07) is 6.12. The molecule has 0 radical (unpaired) electrons. The van der Waals surface area contributed by atoms with Crippen LogP contribution in [0.1, 0.15) is 22.3 Å². The lowest BCUT2D eigenvalue weighted by atomic mass is 9.88. The monoisotopic (exact) mass is 441 g/mol. The molecule has 2 atom stereocenters. The molecular weight excluding hydrogens is 419 g/mol. The highest BCUT2D eigenvalue weighted by molar-refractivity contribution is 7.08. The van der Waals surface area contributed by atoms with Crippen molar-refractivity contribution in [2.45, 2.75) is 19.1 Å². The van der Waals surface area contributed by atoms with E-state index < -0.39 is 12.1 Å². The van der Waals surface area contributed by atoms with Gasteiger partial charge in [0.25, 0.3) is 5.91 Å². The smallest absolute Gasteiger partial charge is 0.475 e. The highest BCUT2D eigenvalue weighted by Gasteiger charge is 2.39. The van der Waals surface area contributed by atoms with E-state index in [0.29, 0.717) is 11.8 Å². The lowest BCUT2D eigenvalue weighted by Gasteiger charge is -2.34. The molecule has 2 saturated heterocycles. The van der Waals surface area contributed by atoms with E-state index in [4.69, 9.17) is 9.90 Å². The van der Waals surface area contributed by atoms with Gasteiger partial charge in [-0.1, -0.05) is 0 Å². The summed E-state index contributed by atoms with van der Waals surface area (Å²) >= 11 is 1.59. The molecule has 0 spiro atoms. The summed E-state index contributed by atoms with van der Waals surface area (Å²) in [6.07, 6.45) is -0.166. The van der Waals surface area contributed by atoms with Gasteiger partial charge < -0.3 is 10.0 Å². The van der Waals surface area contributed by atoms with Crippen LogP contribution in [-0.4, -0.2) is 64.1 Å². The highest BCUT2D eigenvalue weighted by atomic mass is 32.1. The second-order valence-electron chi connectivity index (χ2n) is 7.42. The van der Waals surface area contributed by atoms with Crippen LogP contribution in [0, 0.1) is 11.8 Å². The van der Waals surface area contributed by atoms with Gasteiger partial charge in [-0.2, -0.15) is 24.5 Å². The molecule has 6 nitrogen and oxygen atoms in total. The fourth-order valence-electron chi connectivity index (χ4n) is 3.87. The summed E-state index contributed by atoms with van der Waals surface area (Å²) in [7, 11) is 0. The topological polar surface area (TPSA) is 73.7 Å². The number of carboxylic acid groups (broad SMARTS) is 1. The Labute approximate surface area is 175 Å². The number of carbonyl (C=O) groups is 2. The molecule has 2 aliphatic heterocycles. The molecule has 4 heterocycles. The van der Waals surface area contributed by atoms with Crippen LogP contribution in [0.4, 0.5) is 13.2 Å². The van der Waals surface area contributed by atoms with Gasteiger partial charge in [-0.15, -0.1) is 0 Å². The Bertz CT molecular complexity index is 846. The zero-order chi connectivity index (χ0) is 21.7. The molecule has 0 aromatic carbocycles. The number of amides is 1. The van der Waals surface area contributed by atoms with Gasteiger partial charge >= 0.3 is 12.1 Å². The Morgan fingerprint density at radius 2 is 1.80 bits per heavy atom. The third kappa shape index (κ3) is 5.79. The lowest BCUT2D eigenvalue weighted by Crippen LogP contribution is -2.39. The van der Waals surface area contributed by atoms with E-state index in [-0.39, 0.29) is 5.91 Å². The number of carbonyl (C=O) groups excluding carboxylic acids is 1. The van der Waals surface area contributed by atoms with E-state index in [0.717, 1.165) is 38.3 Å². The Kier molecular flexibility index (Phi) is 7.09. The number of hydrogen-bond acceptors (Lipinski definition) is 5. The normalized spacial score (nSPS) is 21.5. The Morgan fingerprint density at radius 3 is 2.40 bits per heavy atom. The van der Waals surface area contributed by atoms with Crippen LogP contribution in [0.25, 0.3) is 0 Å². The van der Waals surface area contributed by atoms with E-state index in [1.54, 1.807) is 11.3 Å². The number of thiophene rings is 1. The highest BCUT2D eigenvalue weighted by Crippen LogP contribution is 2.32. The van der Waals surface area contributed by atoms with Crippen molar-refractivity contribution in [1.29, 1.82) is 0 Å². The lowest BCUT2D eigenvalue weighted by molar-refractivity contribution is -0.192. The van der Waals surface area contributed by atoms with Gasteiger partial charge in [0.2, 0.25) is 0 Å². The number of pyridine rings is 1. The number of likely N-dealkylation sites (tertiary alicyclic amines) is 2. The van der Waals surface area contributed by atoms with Crippen molar-refractivity contribution in [3.8, 4) is 0 Å². The number of rotatable bonds is 3. The summed E-state index contributed by atoms with van der Waals surface area (Å²) in [5.74, 6) is -1.26. The van der Waals surface area contributed by atoms with Crippen molar-refractivity contribution >= 4 is 23.2 Å². The van der Waals surface area contributed by atoms with Gasteiger partial charge in [-0.05, 0) is 53.9 Å². The molecule has 0 bridgehead atoms. The zero-order valence-electron chi connectivity index (χ0n) is 16.1. The third-order valence-corrected chi connectivity index (χ3v) is 6.02. The van der Waals surface area contributed by atoms with Crippen molar-refractivity contribution in [3.05, 3.63) is 52.5 Å². The average molecular weight is 441 g/mol. The van der Waals surface area contributed by atoms with Crippen LogP contribution >= 0.6 is 11.3 Å². The SMILES string of the molecule is O=C(O)C(F)(F)F.O=C(c1ccsc1)N1C[C@H]2CN(Cc3ccncc3)CC[C@H]2C1. The van der Waals surface area contributed by atoms with Crippen LogP contribution < -0.4 is 0 Å². The number of aromatic nitrogens is 1. The average Bonchev–Trinajstić information content (AvgIpc) is 3.38. The molecular formula is C20H22F3N3O3S. The molecule has 0 unspecified atom stereocenters. The van der Waals surface area contributed by atoms with Gasteiger partial charge in [-0.25, -0.2) is 4.79 Å². The van der Waals surface area contributed by atoms with E-state index >= 15 is 0 Å². The van der Waals surface area contributed by atoms with Crippen molar-refractivity contribution in [1.82, 2.24) is 14.8 Å².